The molecule has 0 aliphatic carbocycles. The molecule has 3 aromatic heterocycles. The zero-order valence-electron chi connectivity index (χ0n) is 26.6. The normalized spacial score (nSPS) is 22.8. The number of pyridine rings is 3. The molecule has 5 heterocycles. The molecule has 2 aliphatic heterocycles. The lowest BCUT2D eigenvalue weighted by Gasteiger charge is -2.34. The van der Waals surface area contributed by atoms with Gasteiger partial charge in [0, 0.05) is 46.2 Å². The number of rotatable bonds is 1. The fourth-order valence-electron chi connectivity index (χ4n) is 6.07. The van der Waals surface area contributed by atoms with E-state index in [1.165, 1.54) is 11.9 Å². The van der Waals surface area contributed by atoms with Crippen LogP contribution in [0.25, 0.3) is 0 Å². The van der Waals surface area contributed by atoms with Crippen molar-refractivity contribution in [1.82, 2.24) is 19.7 Å². The molecule has 1 saturated heterocycles. The van der Waals surface area contributed by atoms with E-state index in [-0.39, 0.29) is 28.3 Å². The van der Waals surface area contributed by atoms with E-state index < -0.39 is 0 Å². The Morgan fingerprint density at radius 2 is 1.60 bits per heavy atom. The Labute approximate surface area is 255 Å². The third kappa shape index (κ3) is 6.43. The molecule has 4 bridgehead atoms. The SMILES string of the molecule is CC1CC(c2cccc(C(C)(C)C)n2)Nc2cccc(n2)SNC(=O)c2ccc(C(C)(C)C)nc2N2CC1CC2(C)C. The molecular weight excluding hydrogens is 540 g/mol. The van der Waals surface area contributed by atoms with Crippen molar-refractivity contribution in [3.63, 3.8) is 0 Å². The van der Waals surface area contributed by atoms with Crippen LogP contribution < -0.4 is 14.9 Å². The van der Waals surface area contributed by atoms with E-state index in [0.29, 0.717) is 17.4 Å². The predicted octanol–water partition coefficient (Wildman–Crippen LogP) is 7.70. The van der Waals surface area contributed by atoms with Gasteiger partial charge in [0.15, 0.2) is 0 Å². The van der Waals surface area contributed by atoms with E-state index in [1.54, 1.807) is 0 Å². The predicted molar refractivity (Wildman–Crippen MR) is 173 cm³/mol. The summed E-state index contributed by atoms with van der Waals surface area (Å²) in [6, 6.07) is 16.2. The summed E-state index contributed by atoms with van der Waals surface area (Å²) < 4.78 is 3.05. The summed E-state index contributed by atoms with van der Waals surface area (Å²) in [5.74, 6) is 2.19. The second-order valence-corrected chi connectivity index (χ2v) is 15.5. The Bertz CT molecular complexity index is 1460. The zero-order valence-corrected chi connectivity index (χ0v) is 27.4. The van der Waals surface area contributed by atoms with Crippen LogP contribution in [0.2, 0.25) is 0 Å². The Morgan fingerprint density at radius 3 is 2.31 bits per heavy atom. The molecule has 5 rings (SSSR count). The molecule has 0 spiro atoms. The minimum absolute atomic E-state index is 0.00941. The molecule has 2 aliphatic rings. The van der Waals surface area contributed by atoms with Gasteiger partial charge in [-0.15, -0.1) is 0 Å². The van der Waals surface area contributed by atoms with Gasteiger partial charge in [-0.25, -0.2) is 9.97 Å². The first-order valence-corrected chi connectivity index (χ1v) is 15.9. The quantitative estimate of drug-likeness (QED) is 0.283. The minimum Gasteiger partial charge on any atom is -0.362 e. The lowest BCUT2D eigenvalue weighted by atomic mass is 9.83. The molecule has 8 heteroatoms. The molecule has 3 atom stereocenters. The topological polar surface area (TPSA) is 83.0 Å². The standard InChI is InChI=1S/C34H46N6OS/c1-21-18-25(24-12-10-13-26(35-24)32(2,3)4)36-28-14-11-15-29(38-28)42-39-31(41)23-16-17-27(33(5,6)7)37-30(23)40-20-22(21)19-34(40,8)9/h10-17,21-22,25H,18-20H2,1-9H3,(H,36,38)(H,39,41). The third-order valence-corrected chi connectivity index (χ3v) is 9.38. The van der Waals surface area contributed by atoms with E-state index in [1.807, 2.05) is 30.3 Å². The molecule has 2 N–H and O–H groups in total. The van der Waals surface area contributed by atoms with Crippen molar-refractivity contribution in [3.05, 3.63) is 71.2 Å². The van der Waals surface area contributed by atoms with Crippen molar-refractivity contribution in [1.29, 1.82) is 0 Å². The molecule has 0 aromatic carbocycles. The number of anilines is 2. The molecule has 224 valence electrons. The van der Waals surface area contributed by atoms with Gasteiger partial charge in [0.2, 0.25) is 0 Å². The van der Waals surface area contributed by atoms with E-state index >= 15 is 0 Å². The first kappa shape index (κ1) is 30.3. The van der Waals surface area contributed by atoms with Crippen molar-refractivity contribution < 1.29 is 4.79 Å². The van der Waals surface area contributed by atoms with Gasteiger partial charge < -0.3 is 10.2 Å². The fourth-order valence-corrected chi connectivity index (χ4v) is 6.66. The van der Waals surface area contributed by atoms with Crippen LogP contribution in [0.15, 0.2) is 53.6 Å². The van der Waals surface area contributed by atoms with Crippen LogP contribution in [0.1, 0.15) is 109 Å². The van der Waals surface area contributed by atoms with E-state index in [9.17, 15) is 4.79 Å². The van der Waals surface area contributed by atoms with E-state index in [0.717, 1.165) is 53.1 Å². The number of carbonyl (C=O) groups is 1. The Hall–Kier alpha value is -3.13. The summed E-state index contributed by atoms with van der Waals surface area (Å²) in [5, 5.41) is 4.44. The summed E-state index contributed by atoms with van der Waals surface area (Å²) in [6.07, 6.45) is 1.93. The summed E-state index contributed by atoms with van der Waals surface area (Å²) in [4.78, 5) is 31.2. The minimum atomic E-state index is -0.161. The first-order chi connectivity index (χ1) is 19.6. The highest BCUT2D eigenvalue weighted by Gasteiger charge is 2.43. The second kappa shape index (κ2) is 11.2. The van der Waals surface area contributed by atoms with Crippen LogP contribution in [0.4, 0.5) is 11.6 Å². The fraction of sp³-hybridized carbons (Fsp3) is 0.529. The number of amides is 1. The van der Waals surface area contributed by atoms with Crippen molar-refractivity contribution in [3.8, 4) is 0 Å². The largest absolute Gasteiger partial charge is 0.362 e. The molecule has 42 heavy (non-hydrogen) atoms. The van der Waals surface area contributed by atoms with Gasteiger partial charge in [0.25, 0.3) is 5.91 Å². The lowest BCUT2D eigenvalue weighted by molar-refractivity contribution is 0.0984. The van der Waals surface area contributed by atoms with Crippen LogP contribution in [0.3, 0.4) is 0 Å². The Morgan fingerprint density at radius 1 is 0.905 bits per heavy atom. The molecule has 7 nitrogen and oxygen atoms in total. The molecule has 3 aromatic rings. The number of carbonyl (C=O) groups excluding carboxylic acids is 1. The highest BCUT2D eigenvalue weighted by molar-refractivity contribution is 7.97. The summed E-state index contributed by atoms with van der Waals surface area (Å²) >= 11 is 1.23. The van der Waals surface area contributed by atoms with Gasteiger partial charge in [-0.2, -0.15) is 0 Å². The number of hydrogen-bond donors (Lipinski definition) is 2. The first-order valence-electron chi connectivity index (χ1n) is 15.1. The Balaban J connectivity index is 1.59. The number of hydrogen-bond acceptors (Lipinski definition) is 7. The zero-order chi connectivity index (χ0) is 30.4. The van der Waals surface area contributed by atoms with Crippen LogP contribution in [0.5, 0.6) is 0 Å². The molecule has 3 unspecified atom stereocenters. The van der Waals surface area contributed by atoms with Gasteiger partial charge in [-0.1, -0.05) is 60.6 Å². The maximum absolute atomic E-state index is 13.6. The second-order valence-electron chi connectivity index (χ2n) is 14.7. The Kier molecular flexibility index (Phi) is 8.07. The third-order valence-electron chi connectivity index (χ3n) is 8.66. The van der Waals surface area contributed by atoms with Crippen LogP contribution in [-0.4, -0.2) is 32.9 Å². The number of nitrogens with zero attached hydrogens (tertiary/aromatic N) is 4. The monoisotopic (exact) mass is 586 g/mol. The number of nitrogens with one attached hydrogen (secondary N) is 2. The van der Waals surface area contributed by atoms with Crippen LogP contribution >= 0.6 is 11.9 Å². The van der Waals surface area contributed by atoms with Crippen molar-refractivity contribution >= 4 is 29.5 Å². The smallest absolute Gasteiger partial charge is 0.265 e. The van der Waals surface area contributed by atoms with Gasteiger partial charge in [-0.05, 0) is 74.9 Å². The van der Waals surface area contributed by atoms with Gasteiger partial charge >= 0.3 is 0 Å². The van der Waals surface area contributed by atoms with E-state index in [4.69, 9.17) is 15.0 Å². The number of aromatic nitrogens is 3. The maximum atomic E-state index is 13.6. The van der Waals surface area contributed by atoms with E-state index in [2.05, 4.69) is 95.5 Å². The molecule has 1 fully saturated rings. The van der Waals surface area contributed by atoms with Gasteiger partial charge in [0.05, 0.1) is 17.3 Å². The van der Waals surface area contributed by atoms with Gasteiger partial charge in [-0.3, -0.25) is 14.5 Å². The van der Waals surface area contributed by atoms with Crippen molar-refractivity contribution in [2.45, 2.75) is 103 Å². The summed E-state index contributed by atoms with van der Waals surface area (Å²) in [6.45, 7) is 20.9. The summed E-state index contributed by atoms with van der Waals surface area (Å²) in [5.41, 5.74) is 3.36. The maximum Gasteiger partial charge on any atom is 0.265 e. The van der Waals surface area contributed by atoms with Crippen LogP contribution in [0, 0.1) is 11.8 Å². The van der Waals surface area contributed by atoms with Crippen molar-refractivity contribution in [2.75, 3.05) is 16.8 Å². The highest BCUT2D eigenvalue weighted by Crippen LogP contribution is 2.43. The summed E-state index contributed by atoms with van der Waals surface area (Å²) in [7, 11) is 0. The average Bonchev–Trinajstić information content (AvgIpc) is 3.24. The molecule has 0 saturated carbocycles. The van der Waals surface area contributed by atoms with Gasteiger partial charge in [0.1, 0.15) is 16.7 Å². The lowest BCUT2D eigenvalue weighted by Crippen LogP contribution is -2.40. The molecular formula is C34H46N6OS. The molecule has 0 radical (unpaired) electrons. The average molecular weight is 587 g/mol. The van der Waals surface area contributed by atoms with Crippen molar-refractivity contribution in [2.24, 2.45) is 11.8 Å². The molecule has 1 amide bonds. The van der Waals surface area contributed by atoms with Crippen LogP contribution in [-0.2, 0) is 10.8 Å². The number of fused-ring (bicyclic) bond motifs is 6. The highest BCUT2D eigenvalue weighted by atomic mass is 32.2.